The van der Waals surface area contributed by atoms with Gasteiger partial charge < -0.3 is 4.90 Å². The van der Waals surface area contributed by atoms with Crippen LogP contribution >= 0.6 is 12.6 Å². The molecule has 0 aromatic heterocycles. The standard InChI is InChI=1S/C14H31NS/c1-4-7-10-15(11-8-5-2)12-9-14(6-3)13-16/h14,16H,4-13H2,1-3H3. The lowest BCUT2D eigenvalue weighted by Crippen LogP contribution is -2.28. The molecule has 0 rings (SSSR count). The van der Waals surface area contributed by atoms with Crippen molar-refractivity contribution in [2.75, 3.05) is 25.4 Å². The van der Waals surface area contributed by atoms with Crippen LogP contribution in [-0.4, -0.2) is 30.3 Å². The third-order valence-corrected chi connectivity index (χ3v) is 3.86. The molecule has 98 valence electrons. The zero-order valence-corrected chi connectivity index (χ0v) is 12.4. The van der Waals surface area contributed by atoms with Crippen molar-refractivity contribution in [3.63, 3.8) is 0 Å². The van der Waals surface area contributed by atoms with Gasteiger partial charge in [-0.15, -0.1) is 0 Å². The van der Waals surface area contributed by atoms with Gasteiger partial charge in [-0.3, -0.25) is 0 Å². The average Bonchev–Trinajstić information content (AvgIpc) is 2.32. The average molecular weight is 245 g/mol. The molecule has 1 atom stereocenters. The van der Waals surface area contributed by atoms with Crippen LogP contribution in [0.5, 0.6) is 0 Å². The van der Waals surface area contributed by atoms with Crippen molar-refractivity contribution in [2.45, 2.75) is 59.3 Å². The number of rotatable bonds is 11. The summed E-state index contributed by atoms with van der Waals surface area (Å²) in [5.74, 6) is 1.86. The Kier molecular flexibility index (Phi) is 12.0. The van der Waals surface area contributed by atoms with Gasteiger partial charge in [0.15, 0.2) is 0 Å². The van der Waals surface area contributed by atoms with E-state index in [1.165, 1.54) is 58.2 Å². The van der Waals surface area contributed by atoms with Crippen molar-refractivity contribution in [2.24, 2.45) is 5.92 Å². The second kappa shape index (κ2) is 11.8. The predicted molar refractivity (Wildman–Crippen MR) is 78.5 cm³/mol. The molecule has 0 saturated carbocycles. The maximum atomic E-state index is 4.42. The zero-order valence-electron chi connectivity index (χ0n) is 11.5. The summed E-state index contributed by atoms with van der Waals surface area (Å²) in [7, 11) is 0. The predicted octanol–water partition coefficient (Wildman–Crippen LogP) is 4.23. The van der Waals surface area contributed by atoms with E-state index in [1.54, 1.807) is 0 Å². The zero-order chi connectivity index (χ0) is 12.2. The van der Waals surface area contributed by atoms with Crippen molar-refractivity contribution in [3.8, 4) is 0 Å². The van der Waals surface area contributed by atoms with Crippen molar-refractivity contribution in [3.05, 3.63) is 0 Å². The van der Waals surface area contributed by atoms with E-state index < -0.39 is 0 Å². The Balaban J connectivity index is 3.79. The number of nitrogens with zero attached hydrogens (tertiary/aromatic N) is 1. The third kappa shape index (κ3) is 8.46. The molecule has 1 nitrogen and oxygen atoms in total. The second-order valence-corrected chi connectivity index (χ2v) is 5.16. The quantitative estimate of drug-likeness (QED) is 0.533. The Hall–Kier alpha value is 0.310. The Labute approximate surface area is 108 Å². The topological polar surface area (TPSA) is 3.24 Å². The molecule has 0 aromatic carbocycles. The Morgan fingerprint density at radius 3 is 1.88 bits per heavy atom. The molecule has 0 spiro atoms. The molecule has 1 unspecified atom stereocenters. The first kappa shape index (κ1) is 16.3. The van der Waals surface area contributed by atoms with Gasteiger partial charge in [0.2, 0.25) is 0 Å². The van der Waals surface area contributed by atoms with Crippen molar-refractivity contribution >= 4 is 12.6 Å². The minimum absolute atomic E-state index is 0.814. The first-order valence-electron chi connectivity index (χ1n) is 7.11. The van der Waals surface area contributed by atoms with Gasteiger partial charge in [-0.05, 0) is 50.6 Å². The van der Waals surface area contributed by atoms with E-state index in [2.05, 4.69) is 38.3 Å². The molecule has 0 N–H and O–H groups in total. The highest BCUT2D eigenvalue weighted by atomic mass is 32.1. The summed E-state index contributed by atoms with van der Waals surface area (Å²) in [5, 5.41) is 0. The van der Waals surface area contributed by atoms with E-state index in [-0.39, 0.29) is 0 Å². The van der Waals surface area contributed by atoms with Gasteiger partial charge in [0, 0.05) is 0 Å². The molecule has 2 heteroatoms. The molecule has 0 radical (unpaired) electrons. The molecule has 0 heterocycles. The molecule has 0 aromatic rings. The number of unbranched alkanes of at least 4 members (excludes halogenated alkanes) is 2. The van der Waals surface area contributed by atoms with Gasteiger partial charge in [-0.2, -0.15) is 12.6 Å². The van der Waals surface area contributed by atoms with E-state index >= 15 is 0 Å². The van der Waals surface area contributed by atoms with Crippen molar-refractivity contribution in [1.29, 1.82) is 0 Å². The van der Waals surface area contributed by atoms with Crippen molar-refractivity contribution in [1.82, 2.24) is 4.90 Å². The summed E-state index contributed by atoms with van der Waals surface area (Å²) < 4.78 is 0. The highest BCUT2D eigenvalue weighted by molar-refractivity contribution is 7.80. The first-order valence-corrected chi connectivity index (χ1v) is 7.74. The van der Waals surface area contributed by atoms with Crippen LogP contribution in [0.1, 0.15) is 59.3 Å². The van der Waals surface area contributed by atoms with E-state index in [9.17, 15) is 0 Å². The molecule has 0 fully saturated rings. The number of hydrogen-bond acceptors (Lipinski definition) is 2. The summed E-state index contributed by atoms with van der Waals surface area (Å²) in [5.41, 5.74) is 0. The monoisotopic (exact) mass is 245 g/mol. The molecule has 0 aliphatic heterocycles. The lowest BCUT2D eigenvalue weighted by molar-refractivity contribution is 0.247. The first-order chi connectivity index (χ1) is 7.78. The summed E-state index contributed by atoms with van der Waals surface area (Å²) >= 11 is 4.42. The largest absolute Gasteiger partial charge is 0.303 e. The molecule has 0 saturated heterocycles. The second-order valence-electron chi connectivity index (χ2n) is 4.79. The molecule has 0 amide bonds. The minimum atomic E-state index is 0.814. The van der Waals surface area contributed by atoms with Crippen molar-refractivity contribution < 1.29 is 0 Å². The molecule has 0 bridgehead atoms. The van der Waals surface area contributed by atoms with Crippen LogP contribution in [0.4, 0.5) is 0 Å². The van der Waals surface area contributed by atoms with Gasteiger partial charge in [0.05, 0.1) is 0 Å². The lowest BCUT2D eigenvalue weighted by atomic mass is 10.0. The van der Waals surface area contributed by atoms with E-state index in [0.717, 1.165) is 11.7 Å². The van der Waals surface area contributed by atoms with Gasteiger partial charge in [-0.1, -0.05) is 40.0 Å². The van der Waals surface area contributed by atoms with E-state index in [4.69, 9.17) is 0 Å². The van der Waals surface area contributed by atoms with Gasteiger partial charge >= 0.3 is 0 Å². The smallest absolute Gasteiger partial charge is 0.00158 e. The van der Waals surface area contributed by atoms with E-state index in [0.29, 0.717) is 0 Å². The SMILES string of the molecule is CCCCN(CCCC)CCC(CC)CS. The third-order valence-electron chi connectivity index (χ3n) is 3.34. The molecular weight excluding hydrogens is 214 g/mol. The normalized spacial score (nSPS) is 13.3. The fraction of sp³-hybridized carbons (Fsp3) is 1.00. The van der Waals surface area contributed by atoms with Crippen LogP contribution in [0.15, 0.2) is 0 Å². The van der Waals surface area contributed by atoms with Gasteiger partial charge in [0.1, 0.15) is 0 Å². The highest BCUT2D eigenvalue weighted by Crippen LogP contribution is 2.11. The molecule has 0 aliphatic rings. The molecular formula is C14H31NS. The van der Waals surface area contributed by atoms with E-state index in [1.807, 2.05) is 0 Å². The summed E-state index contributed by atoms with van der Waals surface area (Å²) in [6.07, 6.45) is 7.92. The molecule has 16 heavy (non-hydrogen) atoms. The fourth-order valence-corrected chi connectivity index (χ4v) is 2.33. The Morgan fingerprint density at radius 1 is 0.938 bits per heavy atom. The van der Waals surface area contributed by atoms with Gasteiger partial charge in [-0.25, -0.2) is 0 Å². The van der Waals surface area contributed by atoms with Crippen LogP contribution in [0.2, 0.25) is 0 Å². The lowest BCUT2D eigenvalue weighted by Gasteiger charge is -2.24. The van der Waals surface area contributed by atoms with Crippen LogP contribution in [0.25, 0.3) is 0 Å². The summed E-state index contributed by atoms with van der Waals surface area (Å²) in [6.45, 7) is 10.7. The number of hydrogen-bond donors (Lipinski definition) is 1. The number of thiol groups is 1. The Morgan fingerprint density at radius 2 is 1.50 bits per heavy atom. The minimum Gasteiger partial charge on any atom is -0.303 e. The molecule has 0 aliphatic carbocycles. The summed E-state index contributed by atoms with van der Waals surface area (Å²) in [4.78, 5) is 2.65. The van der Waals surface area contributed by atoms with Crippen LogP contribution in [0.3, 0.4) is 0 Å². The van der Waals surface area contributed by atoms with Gasteiger partial charge in [0.25, 0.3) is 0 Å². The van der Waals surface area contributed by atoms with Crippen LogP contribution < -0.4 is 0 Å². The Bertz CT molecular complexity index is 127. The maximum absolute atomic E-state index is 4.42. The van der Waals surface area contributed by atoms with Crippen LogP contribution in [0, 0.1) is 5.92 Å². The van der Waals surface area contributed by atoms with Crippen LogP contribution in [-0.2, 0) is 0 Å². The summed E-state index contributed by atoms with van der Waals surface area (Å²) in [6, 6.07) is 0. The fourth-order valence-electron chi connectivity index (χ4n) is 1.89. The maximum Gasteiger partial charge on any atom is -0.00158 e. The highest BCUT2D eigenvalue weighted by Gasteiger charge is 2.08.